The fourth-order valence-corrected chi connectivity index (χ4v) is 2.58. The SMILES string of the molecule is CCNC(C)c1c(CC)nn(CC(C)OC)c1CC. The predicted octanol–water partition coefficient (Wildman–Crippen LogP) is 2.71. The minimum Gasteiger partial charge on any atom is -0.380 e. The molecule has 0 bridgehead atoms. The summed E-state index contributed by atoms with van der Waals surface area (Å²) in [6, 6.07) is 0.363. The van der Waals surface area contributed by atoms with Gasteiger partial charge in [-0.2, -0.15) is 5.10 Å². The molecule has 0 spiro atoms. The third-order valence-electron chi connectivity index (χ3n) is 3.62. The van der Waals surface area contributed by atoms with Crippen molar-refractivity contribution in [1.82, 2.24) is 15.1 Å². The molecule has 0 amide bonds. The average molecular weight is 267 g/mol. The van der Waals surface area contributed by atoms with Crippen LogP contribution in [-0.4, -0.2) is 29.5 Å². The number of methoxy groups -OCH3 is 1. The number of nitrogens with one attached hydrogen (secondary N) is 1. The largest absolute Gasteiger partial charge is 0.380 e. The van der Waals surface area contributed by atoms with Gasteiger partial charge in [-0.25, -0.2) is 0 Å². The Morgan fingerprint density at radius 3 is 2.37 bits per heavy atom. The molecule has 0 fully saturated rings. The standard InChI is InChI=1S/C15H29N3O/c1-7-13-15(12(5)16-9-3)14(8-2)18(17-13)10-11(4)19-6/h11-12,16H,7-10H2,1-6H3. The van der Waals surface area contributed by atoms with Crippen molar-refractivity contribution in [3.8, 4) is 0 Å². The Balaban J connectivity index is 3.13. The van der Waals surface area contributed by atoms with Crippen molar-refractivity contribution in [2.24, 2.45) is 0 Å². The van der Waals surface area contributed by atoms with Crippen LogP contribution >= 0.6 is 0 Å². The lowest BCUT2D eigenvalue weighted by Gasteiger charge is -2.16. The molecule has 0 saturated carbocycles. The number of aryl methyl sites for hydroxylation is 1. The first kappa shape index (κ1) is 16.2. The minimum atomic E-state index is 0.192. The second-order valence-electron chi connectivity index (χ2n) is 5.02. The lowest BCUT2D eigenvalue weighted by molar-refractivity contribution is 0.0989. The number of nitrogens with zero attached hydrogens (tertiary/aromatic N) is 2. The summed E-state index contributed by atoms with van der Waals surface area (Å²) in [6.07, 6.45) is 2.18. The van der Waals surface area contributed by atoms with E-state index in [0.29, 0.717) is 6.04 Å². The molecule has 0 aliphatic heterocycles. The molecule has 2 unspecified atom stereocenters. The van der Waals surface area contributed by atoms with E-state index in [2.05, 4.69) is 44.6 Å². The maximum Gasteiger partial charge on any atom is 0.0739 e. The van der Waals surface area contributed by atoms with Gasteiger partial charge < -0.3 is 10.1 Å². The van der Waals surface area contributed by atoms with E-state index in [1.54, 1.807) is 7.11 Å². The van der Waals surface area contributed by atoms with Crippen molar-refractivity contribution in [3.63, 3.8) is 0 Å². The van der Waals surface area contributed by atoms with Crippen LogP contribution in [0.1, 0.15) is 57.6 Å². The molecule has 4 nitrogen and oxygen atoms in total. The zero-order valence-electron chi connectivity index (χ0n) is 13.3. The van der Waals surface area contributed by atoms with Gasteiger partial charge in [-0.15, -0.1) is 0 Å². The molecular formula is C15H29N3O. The number of rotatable bonds is 8. The summed E-state index contributed by atoms with van der Waals surface area (Å²) in [7, 11) is 1.75. The van der Waals surface area contributed by atoms with E-state index < -0.39 is 0 Å². The van der Waals surface area contributed by atoms with Gasteiger partial charge in [0.15, 0.2) is 0 Å². The highest BCUT2D eigenvalue weighted by Gasteiger charge is 2.20. The third kappa shape index (κ3) is 3.80. The van der Waals surface area contributed by atoms with Gasteiger partial charge >= 0.3 is 0 Å². The first-order chi connectivity index (χ1) is 9.08. The molecule has 110 valence electrons. The van der Waals surface area contributed by atoms with Gasteiger partial charge in [0.05, 0.1) is 18.3 Å². The van der Waals surface area contributed by atoms with Crippen LogP contribution in [0, 0.1) is 0 Å². The lowest BCUT2D eigenvalue weighted by Crippen LogP contribution is -2.21. The fraction of sp³-hybridized carbons (Fsp3) is 0.800. The van der Waals surface area contributed by atoms with Gasteiger partial charge in [0.25, 0.3) is 0 Å². The minimum absolute atomic E-state index is 0.192. The second-order valence-corrected chi connectivity index (χ2v) is 5.02. The molecular weight excluding hydrogens is 238 g/mol. The molecule has 1 heterocycles. The monoisotopic (exact) mass is 267 g/mol. The van der Waals surface area contributed by atoms with Crippen LogP contribution in [-0.2, 0) is 24.1 Å². The normalized spacial score (nSPS) is 14.6. The summed E-state index contributed by atoms with van der Waals surface area (Å²) in [5, 5.41) is 8.29. The Hall–Kier alpha value is -0.870. The van der Waals surface area contributed by atoms with Crippen molar-refractivity contribution in [3.05, 3.63) is 17.0 Å². The first-order valence-electron chi connectivity index (χ1n) is 7.43. The van der Waals surface area contributed by atoms with Crippen LogP contribution in [0.3, 0.4) is 0 Å². The number of hydrogen-bond donors (Lipinski definition) is 1. The van der Waals surface area contributed by atoms with Gasteiger partial charge in [-0.3, -0.25) is 4.68 Å². The van der Waals surface area contributed by atoms with Crippen LogP contribution < -0.4 is 5.32 Å². The zero-order valence-corrected chi connectivity index (χ0v) is 13.3. The van der Waals surface area contributed by atoms with Crippen LogP contribution in [0.4, 0.5) is 0 Å². The maximum atomic E-state index is 5.37. The molecule has 4 heteroatoms. The molecule has 1 aromatic rings. The summed E-state index contributed by atoms with van der Waals surface area (Å²) in [5.74, 6) is 0. The Kier molecular flexibility index (Phi) is 6.52. The van der Waals surface area contributed by atoms with Crippen LogP contribution in [0.25, 0.3) is 0 Å². The second kappa shape index (κ2) is 7.65. The highest BCUT2D eigenvalue weighted by Crippen LogP contribution is 2.24. The predicted molar refractivity (Wildman–Crippen MR) is 79.5 cm³/mol. The summed E-state index contributed by atoms with van der Waals surface area (Å²) in [6.45, 7) is 12.6. The van der Waals surface area contributed by atoms with Crippen molar-refractivity contribution >= 4 is 0 Å². The van der Waals surface area contributed by atoms with Crippen molar-refractivity contribution < 1.29 is 4.74 Å². The van der Waals surface area contributed by atoms with E-state index in [1.165, 1.54) is 17.0 Å². The van der Waals surface area contributed by atoms with Gasteiger partial charge in [0.1, 0.15) is 0 Å². The topological polar surface area (TPSA) is 39.1 Å². The number of ether oxygens (including phenoxy) is 1. The van der Waals surface area contributed by atoms with E-state index >= 15 is 0 Å². The maximum absolute atomic E-state index is 5.37. The number of hydrogen-bond acceptors (Lipinski definition) is 3. The molecule has 19 heavy (non-hydrogen) atoms. The Morgan fingerprint density at radius 2 is 1.89 bits per heavy atom. The highest BCUT2D eigenvalue weighted by atomic mass is 16.5. The summed E-state index contributed by atoms with van der Waals surface area (Å²) < 4.78 is 7.50. The van der Waals surface area contributed by atoms with E-state index in [1.807, 2.05) is 0 Å². The number of aromatic nitrogens is 2. The Morgan fingerprint density at radius 1 is 1.21 bits per heavy atom. The lowest BCUT2D eigenvalue weighted by atomic mass is 10.0. The molecule has 0 saturated heterocycles. The van der Waals surface area contributed by atoms with Crippen LogP contribution in [0.2, 0.25) is 0 Å². The highest BCUT2D eigenvalue weighted by molar-refractivity contribution is 5.30. The fourth-order valence-electron chi connectivity index (χ4n) is 2.58. The van der Waals surface area contributed by atoms with Gasteiger partial charge in [0, 0.05) is 24.4 Å². The molecule has 0 radical (unpaired) electrons. The Bertz CT molecular complexity index is 387. The molecule has 0 aliphatic carbocycles. The third-order valence-corrected chi connectivity index (χ3v) is 3.62. The summed E-state index contributed by atoms with van der Waals surface area (Å²) >= 11 is 0. The molecule has 2 atom stereocenters. The molecule has 1 aromatic heterocycles. The van der Waals surface area contributed by atoms with Crippen molar-refractivity contribution in [2.45, 2.75) is 66.2 Å². The zero-order chi connectivity index (χ0) is 14.4. The summed E-state index contributed by atoms with van der Waals surface area (Å²) in [5.41, 5.74) is 3.94. The molecule has 1 rings (SSSR count). The average Bonchev–Trinajstić information content (AvgIpc) is 2.76. The van der Waals surface area contributed by atoms with Gasteiger partial charge in [-0.05, 0) is 33.2 Å². The van der Waals surface area contributed by atoms with Crippen LogP contribution in [0.15, 0.2) is 0 Å². The quantitative estimate of drug-likeness (QED) is 0.787. The molecule has 0 aromatic carbocycles. The van der Waals surface area contributed by atoms with Crippen molar-refractivity contribution in [1.29, 1.82) is 0 Å². The Labute approximate surface area is 117 Å². The molecule has 1 N–H and O–H groups in total. The van der Waals surface area contributed by atoms with E-state index in [9.17, 15) is 0 Å². The van der Waals surface area contributed by atoms with Crippen molar-refractivity contribution in [2.75, 3.05) is 13.7 Å². The summed E-state index contributed by atoms with van der Waals surface area (Å²) in [4.78, 5) is 0. The van der Waals surface area contributed by atoms with E-state index in [4.69, 9.17) is 9.84 Å². The van der Waals surface area contributed by atoms with Gasteiger partial charge in [0.2, 0.25) is 0 Å². The molecule has 0 aliphatic rings. The first-order valence-corrected chi connectivity index (χ1v) is 7.43. The van der Waals surface area contributed by atoms with E-state index in [0.717, 1.165) is 25.9 Å². The smallest absolute Gasteiger partial charge is 0.0739 e. The van der Waals surface area contributed by atoms with Gasteiger partial charge in [-0.1, -0.05) is 20.8 Å². The van der Waals surface area contributed by atoms with E-state index in [-0.39, 0.29) is 6.10 Å². The van der Waals surface area contributed by atoms with Crippen LogP contribution in [0.5, 0.6) is 0 Å².